The molecule has 0 unspecified atom stereocenters. The molecule has 12 nitrogen and oxygen atoms in total. The van der Waals surface area contributed by atoms with Crippen molar-refractivity contribution in [3.05, 3.63) is 77.9 Å². The van der Waals surface area contributed by atoms with Crippen LogP contribution < -0.4 is 21.7 Å². The Bertz CT molecular complexity index is 1580. The highest BCUT2D eigenvalue weighted by Gasteiger charge is 2.30. The van der Waals surface area contributed by atoms with E-state index in [-0.39, 0.29) is 23.7 Å². The number of carbonyl (C=O) groups excluding carboxylic acids is 2. The minimum absolute atomic E-state index is 0.170. The number of hydrogen-bond acceptors (Lipinski definition) is 7. The van der Waals surface area contributed by atoms with Crippen LogP contribution in [0.4, 0.5) is 16.2 Å². The van der Waals surface area contributed by atoms with Gasteiger partial charge in [0.2, 0.25) is 17.6 Å². The van der Waals surface area contributed by atoms with Crippen molar-refractivity contribution in [1.29, 1.82) is 0 Å². The number of amides is 3. The van der Waals surface area contributed by atoms with E-state index in [9.17, 15) is 14.4 Å². The van der Waals surface area contributed by atoms with Crippen molar-refractivity contribution in [3.8, 4) is 22.5 Å². The molecule has 3 aromatic carbocycles. The quantitative estimate of drug-likeness (QED) is 0.147. The van der Waals surface area contributed by atoms with Crippen molar-refractivity contribution in [2.24, 2.45) is 11.8 Å². The number of hydrogen-bond donors (Lipinski definition) is 6. The summed E-state index contributed by atoms with van der Waals surface area (Å²) in [4.78, 5) is 37.8. The van der Waals surface area contributed by atoms with Crippen molar-refractivity contribution < 1.29 is 19.5 Å². The van der Waals surface area contributed by atoms with Gasteiger partial charge in [-0.2, -0.15) is 5.21 Å². The van der Waals surface area contributed by atoms with Gasteiger partial charge in [-0.15, -0.1) is 10.2 Å². The second kappa shape index (κ2) is 13.8. The molecule has 1 saturated carbocycles. The molecular weight excluding hydrogens is 560 g/mol. The van der Waals surface area contributed by atoms with Crippen molar-refractivity contribution in [1.82, 2.24) is 31.3 Å². The van der Waals surface area contributed by atoms with E-state index in [0.717, 1.165) is 40.7 Å². The number of benzene rings is 3. The summed E-state index contributed by atoms with van der Waals surface area (Å²) >= 11 is 0. The monoisotopic (exact) mass is 596 g/mol. The van der Waals surface area contributed by atoms with E-state index in [1.807, 2.05) is 49.4 Å². The van der Waals surface area contributed by atoms with Crippen molar-refractivity contribution in [2.75, 3.05) is 17.6 Å². The Labute approximate surface area is 254 Å². The average Bonchev–Trinajstić information content (AvgIpc) is 3.56. The number of rotatable bonds is 10. The van der Waals surface area contributed by atoms with Gasteiger partial charge in [0.15, 0.2) is 0 Å². The molecule has 3 amide bonds. The Balaban J connectivity index is 1.28. The fourth-order valence-electron chi connectivity index (χ4n) is 5.64. The van der Waals surface area contributed by atoms with Crippen LogP contribution in [0.25, 0.3) is 22.5 Å². The molecule has 1 fully saturated rings. The lowest BCUT2D eigenvalue weighted by atomic mass is 9.81. The molecule has 0 aliphatic heterocycles. The number of aromatic amines is 1. The number of nitrogens with zero attached hydrogens (tertiary/aromatic N) is 3. The zero-order valence-corrected chi connectivity index (χ0v) is 24.4. The summed E-state index contributed by atoms with van der Waals surface area (Å²) < 4.78 is 0. The second-order valence-electron chi connectivity index (χ2n) is 11.2. The zero-order chi connectivity index (χ0) is 31.1. The number of H-pyrrole nitrogens is 1. The van der Waals surface area contributed by atoms with Gasteiger partial charge in [-0.3, -0.25) is 9.59 Å². The number of nitrogens with two attached hydrogens (primary N) is 1. The highest BCUT2D eigenvalue weighted by molar-refractivity contribution is 5.97. The lowest BCUT2D eigenvalue weighted by molar-refractivity contribution is -0.130. The predicted molar refractivity (Wildman–Crippen MR) is 166 cm³/mol. The molecule has 12 heteroatoms. The van der Waals surface area contributed by atoms with Crippen LogP contribution in [0.5, 0.6) is 0 Å². The van der Waals surface area contributed by atoms with Gasteiger partial charge in [-0.1, -0.05) is 30.3 Å². The molecule has 1 aromatic heterocycles. The third-order valence-electron chi connectivity index (χ3n) is 8.10. The Hall–Kier alpha value is -5.26. The first-order chi connectivity index (χ1) is 21.2. The lowest BCUT2D eigenvalue weighted by Crippen LogP contribution is -2.48. The topological polar surface area (TPSA) is 188 Å². The number of nitrogens with one attached hydrogen (secondary N) is 4. The van der Waals surface area contributed by atoms with Gasteiger partial charge in [0, 0.05) is 35.8 Å². The zero-order valence-electron chi connectivity index (χ0n) is 24.4. The molecule has 0 spiro atoms. The first-order valence-electron chi connectivity index (χ1n) is 14.6. The van der Waals surface area contributed by atoms with Gasteiger partial charge in [0.05, 0.1) is 0 Å². The van der Waals surface area contributed by atoms with E-state index in [0.29, 0.717) is 43.0 Å². The summed E-state index contributed by atoms with van der Waals surface area (Å²) in [7, 11) is 0. The maximum Gasteiger partial charge on any atom is 0.404 e. The molecule has 228 valence electrons. The number of carboxylic acid groups (broad SMARTS) is 1. The third kappa shape index (κ3) is 7.77. The minimum atomic E-state index is -1.04. The summed E-state index contributed by atoms with van der Waals surface area (Å²) in [6.07, 6.45) is 2.03. The van der Waals surface area contributed by atoms with Crippen LogP contribution in [0, 0.1) is 18.8 Å². The van der Waals surface area contributed by atoms with Crippen molar-refractivity contribution in [2.45, 2.75) is 45.1 Å². The Kier molecular flexibility index (Phi) is 9.48. The van der Waals surface area contributed by atoms with Crippen LogP contribution in [-0.4, -0.2) is 56.2 Å². The SMILES string of the molecule is Cc1cc(N)ccc1-c1ccc(C[C@H](NC(=O)C2CCC(CNC(=O)O)CC2)C(=O)Nc2ccc(-c3nn[nH]n3)cc2)cc1. The predicted octanol–water partition coefficient (Wildman–Crippen LogP) is 4.16. The van der Waals surface area contributed by atoms with Crippen LogP contribution >= 0.6 is 0 Å². The highest BCUT2D eigenvalue weighted by Crippen LogP contribution is 2.29. The van der Waals surface area contributed by atoms with Crippen molar-refractivity contribution >= 4 is 29.3 Å². The van der Waals surface area contributed by atoms with Crippen molar-refractivity contribution in [3.63, 3.8) is 0 Å². The van der Waals surface area contributed by atoms with Gasteiger partial charge in [0.1, 0.15) is 6.04 Å². The first-order valence-corrected chi connectivity index (χ1v) is 14.6. The fourth-order valence-corrected chi connectivity index (χ4v) is 5.64. The Morgan fingerprint density at radius 3 is 2.32 bits per heavy atom. The van der Waals surface area contributed by atoms with Gasteiger partial charge < -0.3 is 26.8 Å². The van der Waals surface area contributed by atoms with Gasteiger partial charge >= 0.3 is 6.09 Å². The second-order valence-corrected chi connectivity index (χ2v) is 11.2. The van der Waals surface area contributed by atoms with E-state index in [4.69, 9.17) is 10.8 Å². The van der Waals surface area contributed by atoms with Gasteiger partial charge in [-0.05, 0) is 102 Å². The van der Waals surface area contributed by atoms with Gasteiger partial charge in [-0.25, -0.2) is 4.79 Å². The summed E-state index contributed by atoms with van der Waals surface area (Å²) in [5.74, 6) is -0.0942. The van der Waals surface area contributed by atoms with Crippen LogP contribution in [0.15, 0.2) is 66.7 Å². The number of aromatic nitrogens is 4. The van der Waals surface area contributed by atoms with E-state index in [1.54, 1.807) is 24.3 Å². The molecule has 1 aliphatic carbocycles. The highest BCUT2D eigenvalue weighted by atomic mass is 16.4. The normalized spacial score (nSPS) is 16.9. The van der Waals surface area contributed by atoms with E-state index < -0.39 is 12.1 Å². The minimum Gasteiger partial charge on any atom is -0.465 e. The largest absolute Gasteiger partial charge is 0.465 e. The standard InChI is InChI=1S/C32H36N8O4/c1-19-16-25(33)12-15-27(19)22-6-2-20(3-7-22)17-28(36-30(41)24-8-4-21(5-9-24)18-34-32(43)44)31(42)35-26-13-10-23(11-14-26)29-37-39-40-38-29/h2-3,6-7,10-16,21,24,28,34H,4-5,8-9,17-18,33H2,1H3,(H,35,42)(H,36,41)(H,43,44)(H,37,38,39,40)/t21?,24?,28-/m0/s1. The van der Waals surface area contributed by atoms with E-state index >= 15 is 0 Å². The Morgan fingerprint density at radius 1 is 0.977 bits per heavy atom. The number of carbonyl (C=O) groups is 3. The van der Waals surface area contributed by atoms with Crippen LogP contribution in [-0.2, 0) is 16.0 Å². The summed E-state index contributed by atoms with van der Waals surface area (Å²) in [6.45, 7) is 2.40. The van der Waals surface area contributed by atoms with E-state index in [1.165, 1.54) is 0 Å². The number of anilines is 2. The van der Waals surface area contributed by atoms with E-state index in [2.05, 4.69) is 36.6 Å². The molecule has 7 N–H and O–H groups in total. The number of aryl methyl sites for hydroxylation is 1. The summed E-state index contributed by atoms with van der Waals surface area (Å²) in [5.41, 5.74) is 12.0. The third-order valence-corrected chi connectivity index (χ3v) is 8.10. The molecule has 1 aliphatic rings. The molecule has 0 radical (unpaired) electrons. The van der Waals surface area contributed by atoms with Crippen LogP contribution in [0.1, 0.15) is 36.8 Å². The fraction of sp³-hybridized carbons (Fsp3) is 0.312. The molecule has 1 heterocycles. The molecule has 1 atom stereocenters. The summed E-state index contributed by atoms with van der Waals surface area (Å²) in [6, 6.07) is 20.0. The molecule has 5 rings (SSSR count). The first kappa shape index (κ1) is 30.2. The number of nitrogen functional groups attached to an aromatic ring is 1. The molecular formula is C32H36N8O4. The average molecular weight is 597 g/mol. The summed E-state index contributed by atoms with van der Waals surface area (Å²) in [5, 5.41) is 31.2. The maximum absolute atomic E-state index is 13.6. The molecule has 0 bridgehead atoms. The molecule has 4 aromatic rings. The smallest absolute Gasteiger partial charge is 0.404 e. The lowest BCUT2D eigenvalue weighted by Gasteiger charge is -2.29. The Morgan fingerprint density at radius 2 is 1.68 bits per heavy atom. The molecule has 0 saturated heterocycles. The maximum atomic E-state index is 13.6. The number of tetrazole rings is 1. The van der Waals surface area contributed by atoms with Crippen LogP contribution in [0.3, 0.4) is 0 Å². The van der Waals surface area contributed by atoms with Gasteiger partial charge in [0.25, 0.3) is 0 Å². The molecule has 44 heavy (non-hydrogen) atoms. The van der Waals surface area contributed by atoms with Crippen LogP contribution in [0.2, 0.25) is 0 Å².